The van der Waals surface area contributed by atoms with Crippen molar-refractivity contribution < 1.29 is 14.7 Å². The summed E-state index contributed by atoms with van der Waals surface area (Å²) >= 11 is 0. The van der Waals surface area contributed by atoms with Gasteiger partial charge in [0, 0.05) is 31.4 Å². The second kappa shape index (κ2) is 12.0. The zero-order chi connectivity index (χ0) is 22.8. The Morgan fingerprint density at radius 1 is 1.35 bits per heavy atom. The predicted molar refractivity (Wildman–Crippen MR) is 122 cm³/mol. The summed E-state index contributed by atoms with van der Waals surface area (Å²) in [5.74, 6) is 0.299. The number of carboxylic acids is 1. The lowest BCUT2D eigenvalue weighted by Crippen LogP contribution is -2.29. The number of hydrogen-bond acceptors (Lipinski definition) is 6. The summed E-state index contributed by atoms with van der Waals surface area (Å²) in [5.41, 5.74) is 1.69. The molecule has 1 aliphatic rings. The van der Waals surface area contributed by atoms with Gasteiger partial charge in [0.15, 0.2) is 0 Å². The largest absolute Gasteiger partial charge is 0.480 e. The van der Waals surface area contributed by atoms with E-state index in [2.05, 4.69) is 33.7 Å². The zero-order valence-corrected chi connectivity index (χ0v) is 18.7. The molecule has 1 amide bonds. The smallest absolute Gasteiger partial charge is 0.317 e. The van der Waals surface area contributed by atoms with Gasteiger partial charge in [0.1, 0.15) is 17.8 Å². The van der Waals surface area contributed by atoms with E-state index in [4.69, 9.17) is 5.11 Å². The first kappa shape index (κ1) is 24.3. The Kier molecular flexibility index (Phi) is 9.40. The lowest BCUT2D eigenvalue weighted by Gasteiger charge is -2.23. The third-order valence-corrected chi connectivity index (χ3v) is 4.95. The summed E-state index contributed by atoms with van der Waals surface area (Å²) in [7, 11) is 1.73. The molecule has 168 valence electrons. The summed E-state index contributed by atoms with van der Waals surface area (Å²) in [6.07, 6.45) is 10.2. The van der Waals surface area contributed by atoms with Gasteiger partial charge in [-0.2, -0.15) is 0 Å². The third-order valence-electron chi connectivity index (χ3n) is 4.95. The second-order valence-corrected chi connectivity index (χ2v) is 7.90. The molecule has 0 spiro atoms. The molecule has 8 nitrogen and oxygen atoms in total. The molecule has 0 atom stereocenters. The number of rotatable bonds is 13. The van der Waals surface area contributed by atoms with Gasteiger partial charge in [-0.25, -0.2) is 9.97 Å². The molecular weight excluding hydrogens is 394 g/mol. The molecule has 2 N–H and O–H groups in total. The Bertz CT molecular complexity index is 845. The maximum Gasteiger partial charge on any atom is 0.317 e. The van der Waals surface area contributed by atoms with Crippen molar-refractivity contribution in [1.29, 1.82) is 0 Å². The number of amides is 1. The fourth-order valence-corrected chi connectivity index (χ4v) is 3.12. The van der Waals surface area contributed by atoms with Crippen LogP contribution in [0.25, 0.3) is 0 Å². The molecule has 31 heavy (non-hydrogen) atoms. The van der Waals surface area contributed by atoms with Crippen LogP contribution in [0.2, 0.25) is 0 Å². The molecule has 1 saturated carbocycles. The number of anilines is 1. The highest BCUT2D eigenvalue weighted by atomic mass is 16.4. The SMILES string of the molecule is C=CC(NC(=O)c1cc(N(CCC)CC2CC2)ncn1)=C(C)C=CCN(C)CC(=O)O. The van der Waals surface area contributed by atoms with Crippen LogP contribution < -0.4 is 10.2 Å². The average Bonchev–Trinajstić information content (AvgIpc) is 3.55. The number of allylic oxidation sites excluding steroid dienone is 3. The van der Waals surface area contributed by atoms with E-state index in [-0.39, 0.29) is 12.5 Å². The number of nitrogens with one attached hydrogen (secondary N) is 1. The van der Waals surface area contributed by atoms with E-state index in [1.165, 1.54) is 19.2 Å². The minimum atomic E-state index is -0.874. The number of likely N-dealkylation sites (N-methyl/N-ethyl adjacent to an activating group) is 1. The molecule has 0 unspecified atom stereocenters. The van der Waals surface area contributed by atoms with E-state index in [0.29, 0.717) is 17.9 Å². The van der Waals surface area contributed by atoms with Crippen LogP contribution in [0.15, 0.2) is 48.5 Å². The Hall–Kier alpha value is -3.00. The fourth-order valence-electron chi connectivity index (χ4n) is 3.12. The highest BCUT2D eigenvalue weighted by Crippen LogP contribution is 2.31. The summed E-state index contributed by atoms with van der Waals surface area (Å²) in [6.45, 7) is 10.1. The molecular formula is C23H33N5O3. The molecule has 0 saturated heterocycles. The van der Waals surface area contributed by atoms with Gasteiger partial charge in [-0.15, -0.1) is 0 Å². The van der Waals surface area contributed by atoms with Crippen LogP contribution in [0.4, 0.5) is 5.82 Å². The van der Waals surface area contributed by atoms with Gasteiger partial charge in [-0.3, -0.25) is 14.5 Å². The number of carbonyl (C=O) groups excluding carboxylic acids is 1. The molecule has 1 aromatic heterocycles. The average molecular weight is 428 g/mol. The first-order chi connectivity index (χ1) is 14.8. The van der Waals surface area contributed by atoms with Crippen LogP contribution in [-0.4, -0.2) is 65.1 Å². The quantitative estimate of drug-likeness (QED) is 0.467. The summed E-state index contributed by atoms with van der Waals surface area (Å²) in [5, 5.41) is 11.7. The standard InChI is InChI=1S/C23H33N5O3/c1-5-11-28(14-18-9-10-18)21-13-20(24-16-25-21)23(31)26-19(6-2)17(3)8-7-12-27(4)15-22(29)30/h6-8,13,16,18H,2,5,9-12,14-15H2,1,3-4H3,(H,26,31)(H,29,30). The van der Waals surface area contributed by atoms with Gasteiger partial charge in [0.05, 0.1) is 6.54 Å². The monoisotopic (exact) mass is 427 g/mol. The lowest BCUT2D eigenvalue weighted by atomic mass is 10.2. The van der Waals surface area contributed by atoms with Gasteiger partial charge in [0.25, 0.3) is 5.91 Å². The van der Waals surface area contributed by atoms with Crippen LogP contribution in [0, 0.1) is 5.92 Å². The zero-order valence-electron chi connectivity index (χ0n) is 18.7. The van der Waals surface area contributed by atoms with Crippen LogP contribution >= 0.6 is 0 Å². The third kappa shape index (κ3) is 8.33. The van der Waals surface area contributed by atoms with E-state index >= 15 is 0 Å². The van der Waals surface area contributed by atoms with Gasteiger partial charge >= 0.3 is 5.97 Å². The first-order valence-corrected chi connectivity index (χ1v) is 10.6. The summed E-state index contributed by atoms with van der Waals surface area (Å²) in [6, 6.07) is 1.74. The van der Waals surface area contributed by atoms with Gasteiger partial charge < -0.3 is 15.3 Å². The summed E-state index contributed by atoms with van der Waals surface area (Å²) in [4.78, 5) is 35.9. The molecule has 0 radical (unpaired) electrons. The maximum atomic E-state index is 12.8. The molecule has 1 aliphatic carbocycles. The number of hydrogen-bond donors (Lipinski definition) is 2. The van der Waals surface area contributed by atoms with Crippen molar-refractivity contribution in [3.05, 3.63) is 54.2 Å². The molecule has 0 aromatic carbocycles. The van der Waals surface area contributed by atoms with Crippen LogP contribution in [0.1, 0.15) is 43.6 Å². The van der Waals surface area contributed by atoms with E-state index in [9.17, 15) is 9.59 Å². The topological polar surface area (TPSA) is 98.7 Å². The number of aliphatic carboxylic acids is 1. The molecule has 8 heteroatoms. The van der Waals surface area contributed by atoms with Crippen molar-refractivity contribution in [2.75, 3.05) is 38.1 Å². The number of nitrogens with zero attached hydrogens (tertiary/aromatic N) is 4. The predicted octanol–water partition coefficient (Wildman–Crippen LogP) is 2.87. The first-order valence-electron chi connectivity index (χ1n) is 10.6. The van der Waals surface area contributed by atoms with Crippen molar-refractivity contribution in [2.45, 2.75) is 33.1 Å². The molecule has 1 aromatic rings. The van der Waals surface area contributed by atoms with E-state index in [1.54, 1.807) is 24.1 Å². The molecule has 2 rings (SSSR count). The Morgan fingerprint density at radius 3 is 2.71 bits per heavy atom. The molecule has 0 aliphatic heterocycles. The minimum Gasteiger partial charge on any atom is -0.480 e. The second-order valence-electron chi connectivity index (χ2n) is 7.90. The number of carbonyl (C=O) groups is 2. The van der Waals surface area contributed by atoms with E-state index < -0.39 is 5.97 Å². The number of aromatic nitrogens is 2. The highest BCUT2D eigenvalue weighted by Gasteiger charge is 2.25. The fraction of sp³-hybridized carbons (Fsp3) is 0.478. The van der Waals surface area contributed by atoms with Gasteiger partial charge in [-0.05, 0) is 50.8 Å². The maximum absolute atomic E-state index is 12.8. The minimum absolute atomic E-state index is 0.0377. The lowest BCUT2D eigenvalue weighted by molar-refractivity contribution is -0.137. The van der Waals surface area contributed by atoms with Crippen molar-refractivity contribution >= 4 is 17.7 Å². The molecule has 0 bridgehead atoms. The van der Waals surface area contributed by atoms with Crippen molar-refractivity contribution in [3.8, 4) is 0 Å². The van der Waals surface area contributed by atoms with E-state index in [1.807, 2.05) is 19.1 Å². The Morgan fingerprint density at radius 2 is 2.10 bits per heavy atom. The van der Waals surface area contributed by atoms with Crippen molar-refractivity contribution in [3.63, 3.8) is 0 Å². The normalized spacial score (nSPS) is 14.5. The summed E-state index contributed by atoms with van der Waals surface area (Å²) < 4.78 is 0. The molecule has 1 heterocycles. The Balaban J connectivity index is 2.06. The number of carboxylic acid groups (broad SMARTS) is 1. The van der Waals surface area contributed by atoms with Crippen molar-refractivity contribution in [1.82, 2.24) is 20.2 Å². The van der Waals surface area contributed by atoms with Crippen LogP contribution in [0.3, 0.4) is 0 Å². The van der Waals surface area contributed by atoms with Crippen LogP contribution in [-0.2, 0) is 4.79 Å². The highest BCUT2D eigenvalue weighted by molar-refractivity contribution is 5.94. The van der Waals surface area contributed by atoms with Crippen LogP contribution in [0.5, 0.6) is 0 Å². The van der Waals surface area contributed by atoms with Crippen molar-refractivity contribution in [2.24, 2.45) is 5.92 Å². The van der Waals surface area contributed by atoms with E-state index in [0.717, 1.165) is 36.8 Å². The molecule has 1 fully saturated rings. The van der Waals surface area contributed by atoms with Gasteiger partial charge in [-0.1, -0.05) is 25.7 Å². The Labute approximate surface area is 184 Å². The van der Waals surface area contributed by atoms with Gasteiger partial charge in [0.2, 0.25) is 0 Å².